The molecule has 0 atom stereocenters. The third-order valence-corrected chi connectivity index (χ3v) is 2.55. The number of ether oxygens (including phenoxy) is 2. The standard InChI is InChI=1S/C14H14N2O5/c1-2-20-12(17)8-21-10-5-3-4-9(6-10)7-11-13(18)16-14(19)15-11/h3-7H,2,8H2,1H3,(H2,15,16,18,19)/b11-7+. The first-order valence-corrected chi connectivity index (χ1v) is 6.31. The van der Waals surface area contributed by atoms with Crippen LogP contribution in [0, 0.1) is 0 Å². The molecule has 0 aliphatic carbocycles. The van der Waals surface area contributed by atoms with Gasteiger partial charge in [0.05, 0.1) is 6.61 Å². The second-order valence-electron chi connectivity index (χ2n) is 4.13. The van der Waals surface area contributed by atoms with Crippen LogP contribution >= 0.6 is 0 Å². The van der Waals surface area contributed by atoms with E-state index in [-0.39, 0.29) is 12.3 Å². The number of carbonyl (C=O) groups excluding carboxylic acids is 3. The summed E-state index contributed by atoms with van der Waals surface area (Å²) in [7, 11) is 0. The van der Waals surface area contributed by atoms with Crippen LogP contribution in [0.5, 0.6) is 5.75 Å². The Kier molecular flexibility index (Phi) is 4.55. The number of amides is 3. The van der Waals surface area contributed by atoms with Crippen LogP contribution in [0.25, 0.3) is 6.08 Å². The number of imide groups is 1. The fourth-order valence-electron chi connectivity index (χ4n) is 1.69. The number of nitrogens with one attached hydrogen (secondary N) is 2. The zero-order chi connectivity index (χ0) is 15.2. The van der Waals surface area contributed by atoms with Crippen LogP contribution in [0.2, 0.25) is 0 Å². The molecule has 110 valence electrons. The fraction of sp³-hybridized carbons (Fsp3) is 0.214. The molecule has 1 aromatic rings. The topological polar surface area (TPSA) is 93.7 Å². The summed E-state index contributed by atoms with van der Waals surface area (Å²) in [5.74, 6) is -0.483. The number of carbonyl (C=O) groups is 3. The molecule has 3 amide bonds. The first-order chi connectivity index (χ1) is 10.1. The van der Waals surface area contributed by atoms with Crippen molar-refractivity contribution in [2.24, 2.45) is 0 Å². The Morgan fingerprint density at radius 3 is 2.76 bits per heavy atom. The minimum atomic E-state index is -0.555. The highest BCUT2D eigenvalue weighted by molar-refractivity contribution is 6.13. The molecule has 1 saturated heterocycles. The first kappa shape index (κ1) is 14.6. The second-order valence-corrected chi connectivity index (χ2v) is 4.13. The van der Waals surface area contributed by atoms with E-state index >= 15 is 0 Å². The molecule has 2 rings (SSSR count). The molecule has 1 heterocycles. The van der Waals surface area contributed by atoms with Gasteiger partial charge in [-0.2, -0.15) is 0 Å². The van der Waals surface area contributed by atoms with Crippen molar-refractivity contribution in [1.82, 2.24) is 10.6 Å². The highest BCUT2D eigenvalue weighted by atomic mass is 16.6. The van der Waals surface area contributed by atoms with Crippen molar-refractivity contribution in [2.75, 3.05) is 13.2 Å². The maximum absolute atomic E-state index is 11.4. The summed E-state index contributed by atoms with van der Waals surface area (Å²) in [4.78, 5) is 33.6. The number of hydrogen-bond acceptors (Lipinski definition) is 5. The average Bonchev–Trinajstić information content (AvgIpc) is 2.75. The van der Waals surface area contributed by atoms with Crippen LogP contribution in [0.4, 0.5) is 4.79 Å². The third kappa shape index (κ3) is 4.07. The lowest BCUT2D eigenvalue weighted by Gasteiger charge is -2.06. The van der Waals surface area contributed by atoms with E-state index in [9.17, 15) is 14.4 Å². The van der Waals surface area contributed by atoms with Gasteiger partial charge in [0.15, 0.2) is 6.61 Å². The molecule has 0 aromatic heterocycles. The van der Waals surface area contributed by atoms with E-state index in [1.54, 1.807) is 31.2 Å². The molecule has 0 saturated carbocycles. The molecular formula is C14H14N2O5. The van der Waals surface area contributed by atoms with E-state index in [1.807, 2.05) is 0 Å². The SMILES string of the molecule is CCOC(=O)COc1cccc(/C=C2/NC(=O)NC2=O)c1. The molecule has 7 heteroatoms. The van der Waals surface area contributed by atoms with Gasteiger partial charge in [0.2, 0.25) is 0 Å². The summed E-state index contributed by atoms with van der Waals surface area (Å²) in [6.45, 7) is 1.82. The van der Waals surface area contributed by atoms with E-state index in [1.165, 1.54) is 6.08 Å². The van der Waals surface area contributed by atoms with Gasteiger partial charge in [-0.1, -0.05) is 12.1 Å². The van der Waals surface area contributed by atoms with E-state index in [2.05, 4.69) is 10.6 Å². The van der Waals surface area contributed by atoms with Crippen molar-refractivity contribution in [3.05, 3.63) is 35.5 Å². The number of rotatable bonds is 5. The Morgan fingerprint density at radius 2 is 2.10 bits per heavy atom. The normalized spacial score (nSPS) is 15.6. The summed E-state index contributed by atoms with van der Waals surface area (Å²) in [6.07, 6.45) is 1.51. The molecule has 0 bridgehead atoms. The molecule has 1 fully saturated rings. The minimum absolute atomic E-state index is 0.155. The number of esters is 1. The Morgan fingerprint density at radius 1 is 1.29 bits per heavy atom. The van der Waals surface area contributed by atoms with Crippen LogP contribution in [0.15, 0.2) is 30.0 Å². The summed E-state index contributed by atoms with van der Waals surface area (Å²) >= 11 is 0. The molecule has 21 heavy (non-hydrogen) atoms. The molecule has 0 unspecified atom stereocenters. The summed E-state index contributed by atoms with van der Waals surface area (Å²) in [5.41, 5.74) is 0.811. The number of hydrogen-bond donors (Lipinski definition) is 2. The quantitative estimate of drug-likeness (QED) is 0.475. The molecule has 0 spiro atoms. The maximum Gasteiger partial charge on any atom is 0.344 e. The Labute approximate surface area is 120 Å². The van der Waals surface area contributed by atoms with Crippen molar-refractivity contribution in [2.45, 2.75) is 6.92 Å². The number of benzene rings is 1. The van der Waals surface area contributed by atoms with Crippen molar-refractivity contribution in [3.63, 3.8) is 0 Å². The van der Waals surface area contributed by atoms with Crippen LogP contribution in [-0.2, 0) is 14.3 Å². The number of urea groups is 1. The molecule has 2 N–H and O–H groups in total. The lowest BCUT2D eigenvalue weighted by atomic mass is 10.2. The summed E-state index contributed by atoms with van der Waals surface area (Å²) < 4.78 is 10.0. The van der Waals surface area contributed by atoms with E-state index in [0.29, 0.717) is 17.9 Å². The molecule has 1 aromatic carbocycles. The Bertz CT molecular complexity index is 609. The Hall–Kier alpha value is -2.83. The van der Waals surface area contributed by atoms with Crippen LogP contribution in [0.1, 0.15) is 12.5 Å². The lowest BCUT2D eigenvalue weighted by Crippen LogP contribution is -2.22. The predicted molar refractivity (Wildman–Crippen MR) is 73.2 cm³/mol. The van der Waals surface area contributed by atoms with Crippen molar-refractivity contribution in [3.8, 4) is 5.75 Å². The van der Waals surface area contributed by atoms with Crippen LogP contribution in [-0.4, -0.2) is 31.1 Å². The van der Waals surface area contributed by atoms with Crippen molar-refractivity contribution >= 4 is 24.0 Å². The van der Waals surface area contributed by atoms with Gasteiger partial charge in [-0.05, 0) is 30.7 Å². The summed E-state index contributed by atoms with van der Waals surface area (Å²) in [5, 5.41) is 4.49. The smallest absolute Gasteiger partial charge is 0.344 e. The molecule has 1 aliphatic rings. The highest BCUT2D eigenvalue weighted by Gasteiger charge is 2.22. The van der Waals surface area contributed by atoms with Gasteiger partial charge >= 0.3 is 12.0 Å². The molecular weight excluding hydrogens is 276 g/mol. The monoisotopic (exact) mass is 290 g/mol. The minimum Gasteiger partial charge on any atom is -0.482 e. The van der Waals surface area contributed by atoms with Gasteiger partial charge in [-0.25, -0.2) is 9.59 Å². The van der Waals surface area contributed by atoms with E-state index < -0.39 is 17.9 Å². The van der Waals surface area contributed by atoms with Gasteiger partial charge in [0.1, 0.15) is 11.4 Å². The molecule has 0 radical (unpaired) electrons. The zero-order valence-electron chi connectivity index (χ0n) is 11.3. The van der Waals surface area contributed by atoms with E-state index in [4.69, 9.17) is 9.47 Å². The third-order valence-electron chi connectivity index (χ3n) is 2.55. The molecule has 1 aliphatic heterocycles. The second kappa shape index (κ2) is 6.56. The average molecular weight is 290 g/mol. The highest BCUT2D eigenvalue weighted by Crippen LogP contribution is 2.16. The van der Waals surface area contributed by atoms with Gasteiger partial charge in [-0.3, -0.25) is 10.1 Å². The van der Waals surface area contributed by atoms with Crippen LogP contribution < -0.4 is 15.4 Å². The van der Waals surface area contributed by atoms with Gasteiger partial charge in [0, 0.05) is 0 Å². The van der Waals surface area contributed by atoms with Gasteiger partial charge in [0.25, 0.3) is 5.91 Å². The van der Waals surface area contributed by atoms with Crippen molar-refractivity contribution in [1.29, 1.82) is 0 Å². The van der Waals surface area contributed by atoms with Gasteiger partial charge in [-0.15, -0.1) is 0 Å². The maximum atomic E-state index is 11.4. The Balaban J connectivity index is 2.04. The fourth-order valence-corrected chi connectivity index (χ4v) is 1.69. The first-order valence-electron chi connectivity index (χ1n) is 6.31. The van der Waals surface area contributed by atoms with Crippen molar-refractivity contribution < 1.29 is 23.9 Å². The van der Waals surface area contributed by atoms with E-state index in [0.717, 1.165) is 0 Å². The largest absolute Gasteiger partial charge is 0.482 e. The van der Waals surface area contributed by atoms with Gasteiger partial charge < -0.3 is 14.8 Å². The lowest BCUT2D eigenvalue weighted by molar-refractivity contribution is -0.145. The molecule has 7 nitrogen and oxygen atoms in total. The van der Waals surface area contributed by atoms with Crippen LogP contribution in [0.3, 0.4) is 0 Å². The summed E-state index contributed by atoms with van der Waals surface area (Å²) in [6, 6.07) is 6.21. The zero-order valence-corrected chi connectivity index (χ0v) is 11.3. The predicted octanol–water partition coefficient (Wildman–Crippen LogP) is 0.809.